The second-order valence-corrected chi connectivity index (χ2v) is 8.01. The summed E-state index contributed by atoms with van der Waals surface area (Å²) in [5.41, 5.74) is 2.67. The van der Waals surface area contributed by atoms with Crippen molar-refractivity contribution in [2.24, 2.45) is 0 Å². The van der Waals surface area contributed by atoms with E-state index in [1.54, 1.807) is 17.3 Å². The van der Waals surface area contributed by atoms with Crippen molar-refractivity contribution in [1.29, 1.82) is 0 Å². The molecule has 0 saturated heterocycles. The number of carbonyl (C=O) groups excluding carboxylic acids is 1. The Labute approximate surface area is 197 Å². The second-order valence-electron chi connectivity index (χ2n) is 7.07. The molecule has 0 spiro atoms. The van der Waals surface area contributed by atoms with Crippen molar-refractivity contribution in [3.63, 3.8) is 0 Å². The van der Waals surface area contributed by atoms with Crippen LogP contribution in [0.25, 0.3) is 17.1 Å². The lowest BCUT2D eigenvalue weighted by atomic mass is 10.2. The molecular formula is C25H25N5O2S. The van der Waals surface area contributed by atoms with Gasteiger partial charge in [-0.3, -0.25) is 14.3 Å². The maximum absolute atomic E-state index is 13.0. The number of pyridine rings is 1. The number of hydrogen-bond acceptors (Lipinski definition) is 6. The topological polar surface area (TPSA) is 73.1 Å². The third-order valence-electron chi connectivity index (χ3n) is 4.99. The molecule has 2 aromatic heterocycles. The van der Waals surface area contributed by atoms with Crippen LogP contribution in [0.1, 0.15) is 13.8 Å². The van der Waals surface area contributed by atoms with Crippen LogP contribution in [-0.2, 0) is 4.79 Å². The van der Waals surface area contributed by atoms with Crippen LogP contribution in [0.3, 0.4) is 0 Å². The Balaban J connectivity index is 1.63. The van der Waals surface area contributed by atoms with Crippen molar-refractivity contribution in [1.82, 2.24) is 19.7 Å². The molecule has 0 N–H and O–H groups in total. The Morgan fingerprint density at radius 1 is 0.970 bits per heavy atom. The number of carbonyl (C=O) groups is 1. The van der Waals surface area contributed by atoms with Gasteiger partial charge in [0.05, 0.1) is 12.4 Å². The lowest BCUT2D eigenvalue weighted by Crippen LogP contribution is -2.32. The van der Waals surface area contributed by atoms with Crippen molar-refractivity contribution in [3.8, 4) is 22.8 Å². The Morgan fingerprint density at radius 3 is 2.36 bits per heavy atom. The molecule has 2 heterocycles. The predicted octanol–water partition coefficient (Wildman–Crippen LogP) is 4.87. The lowest BCUT2D eigenvalue weighted by Gasteiger charge is -2.20. The van der Waals surface area contributed by atoms with Gasteiger partial charge in [0, 0.05) is 35.9 Å². The average molecular weight is 460 g/mol. The van der Waals surface area contributed by atoms with E-state index < -0.39 is 0 Å². The van der Waals surface area contributed by atoms with E-state index in [4.69, 9.17) is 4.74 Å². The van der Waals surface area contributed by atoms with Crippen LogP contribution >= 0.6 is 11.8 Å². The van der Waals surface area contributed by atoms with Crippen LogP contribution in [0.15, 0.2) is 84.3 Å². The number of ether oxygens (including phenoxy) is 1. The summed E-state index contributed by atoms with van der Waals surface area (Å²) < 4.78 is 7.54. The van der Waals surface area contributed by atoms with Gasteiger partial charge in [0.15, 0.2) is 11.0 Å². The van der Waals surface area contributed by atoms with Crippen molar-refractivity contribution >= 4 is 23.4 Å². The minimum Gasteiger partial charge on any atom is -0.494 e. The monoisotopic (exact) mass is 459 g/mol. The normalized spacial score (nSPS) is 10.7. The Kier molecular flexibility index (Phi) is 7.36. The zero-order valence-electron chi connectivity index (χ0n) is 18.6. The van der Waals surface area contributed by atoms with Gasteiger partial charge in [0.2, 0.25) is 5.91 Å². The van der Waals surface area contributed by atoms with Crippen molar-refractivity contribution < 1.29 is 9.53 Å². The summed E-state index contributed by atoms with van der Waals surface area (Å²) in [7, 11) is 0. The summed E-state index contributed by atoms with van der Waals surface area (Å²) >= 11 is 1.37. The van der Waals surface area contributed by atoms with Gasteiger partial charge in [-0.05, 0) is 62.4 Å². The highest BCUT2D eigenvalue weighted by Crippen LogP contribution is 2.29. The average Bonchev–Trinajstić information content (AvgIpc) is 3.29. The fourth-order valence-electron chi connectivity index (χ4n) is 3.46. The molecule has 0 unspecified atom stereocenters. The first kappa shape index (κ1) is 22.5. The number of benzene rings is 2. The molecule has 0 aliphatic heterocycles. The van der Waals surface area contributed by atoms with Crippen LogP contribution in [-0.4, -0.2) is 44.6 Å². The number of rotatable bonds is 9. The Bertz CT molecular complexity index is 1180. The second kappa shape index (κ2) is 10.8. The lowest BCUT2D eigenvalue weighted by molar-refractivity contribution is -0.116. The third-order valence-corrected chi connectivity index (χ3v) is 5.90. The van der Waals surface area contributed by atoms with Crippen LogP contribution in [0, 0.1) is 0 Å². The molecule has 0 bridgehead atoms. The third kappa shape index (κ3) is 5.23. The zero-order valence-corrected chi connectivity index (χ0v) is 19.4. The first-order valence-electron chi connectivity index (χ1n) is 10.8. The van der Waals surface area contributed by atoms with Gasteiger partial charge in [-0.15, -0.1) is 10.2 Å². The summed E-state index contributed by atoms with van der Waals surface area (Å²) in [5.74, 6) is 1.74. The van der Waals surface area contributed by atoms with E-state index in [9.17, 15) is 4.79 Å². The van der Waals surface area contributed by atoms with E-state index >= 15 is 0 Å². The van der Waals surface area contributed by atoms with E-state index in [2.05, 4.69) is 15.2 Å². The molecule has 168 valence electrons. The molecular weight excluding hydrogens is 434 g/mol. The van der Waals surface area contributed by atoms with Gasteiger partial charge in [0.1, 0.15) is 5.75 Å². The number of aromatic nitrogens is 4. The first-order valence-corrected chi connectivity index (χ1v) is 11.8. The number of hydrogen-bond donors (Lipinski definition) is 0. The van der Waals surface area contributed by atoms with Crippen LogP contribution in [0.5, 0.6) is 5.75 Å². The van der Waals surface area contributed by atoms with Crippen LogP contribution < -0.4 is 9.64 Å². The molecule has 7 nitrogen and oxygen atoms in total. The fourth-order valence-corrected chi connectivity index (χ4v) is 4.29. The van der Waals surface area contributed by atoms with Crippen molar-refractivity contribution in [2.75, 3.05) is 23.8 Å². The number of nitrogens with zero attached hydrogens (tertiary/aromatic N) is 5. The number of amides is 1. The van der Waals surface area contributed by atoms with E-state index in [1.165, 1.54) is 11.8 Å². The fraction of sp³-hybridized carbons (Fsp3) is 0.200. The molecule has 4 aromatic rings. The van der Waals surface area contributed by atoms with Gasteiger partial charge >= 0.3 is 0 Å². The minimum absolute atomic E-state index is 0.0143. The van der Waals surface area contributed by atoms with Gasteiger partial charge in [-0.2, -0.15) is 0 Å². The van der Waals surface area contributed by atoms with Crippen molar-refractivity contribution in [2.45, 2.75) is 19.0 Å². The molecule has 0 aliphatic rings. The van der Waals surface area contributed by atoms with E-state index in [0.29, 0.717) is 24.1 Å². The molecule has 0 aliphatic carbocycles. The molecule has 4 rings (SSSR count). The smallest absolute Gasteiger partial charge is 0.237 e. The van der Waals surface area contributed by atoms with Crippen LogP contribution in [0.2, 0.25) is 0 Å². The van der Waals surface area contributed by atoms with Gasteiger partial charge in [-0.25, -0.2) is 0 Å². The first-order chi connectivity index (χ1) is 16.2. The zero-order chi connectivity index (χ0) is 23.0. The summed E-state index contributed by atoms with van der Waals surface area (Å²) in [6, 6.07) is 21.2. The highest BCUT2D eigenvalue weighted by atomic mass is 32.2. The Morgan fingerprint density at radius 2 is 1.70 bits per heavy atom. The molecule has 0 fully saturated rings. The van der Waals surface area contributed by atoms with Crippen molar-refractivity contribution in [3.05, 3.63) is 79.1 Å². The maximum Gasteiger partial charge on any atom is 0.237 e. The Hall–Kier alpha value is -3.65. The summed E-state index contributed by atoms with van der Waals surface area (Å²) in [6.45, 7) is 5.12. The summed E-state index contributed by atoms with van der Waals surface area (Å²) in [5, 5.41) is 9.48. The number of anilines is 1. The number of para-hydroxylation sites is 1. The molecule has 1 amide bonds. The standard InChI is InChI=1S/C25H25N5O2S/c1-3-29(20-8-6-5-7-9-20)23(31)18-33-25-28-27-24(19-14-16-26-17-15-19)30(25)21-10-12-22(13-11-21)32-4-2/h5-17H,3-4,18H2,1-2H3. The summed E-state index contributed by atoms with van der Waals surface area (Å²) in [6.07, 6.45) is 3.45. The van der Waals surface area contributed by atoms with Gasteiger partial charge in [-0.1, -0.05) is 30.0 Å². The summed E-state index contributed by atoms with van der Waals surface area (Å²) in [4.78, 5) is 18.9. The van der Waals surface area contributed by atoms with Gasteiger partial charge in [0.25, 0.3) is 0 Å². The molecule has 33 heavy (non-hydrogen) atoms. The SMILES string of the molecule is CCOc1ccc(-n2c(SCC(=O)N(CC)c3ccccc3)nnc2-c2ccncc2)cc1. The van der Waals surface area contributed by atoms with E-state index in [1.807, 2.05) is 85.1 Å². The molecule has 0 radical (unpaired) electrons. The van der Waals surface area contributed by atoms with E-state index in [-0.39, 0.29) is 11.7 Å². The minimum atomic E-state index is 0.0143. The molecule has 0 atom stereocenters. The quantitative estimate of drug-likeness (QED) is 0.332. The molecule has 0 saturated carbocycles. The maximum atomic E-state index is 13.0. The molecule has 2 aromatic carbocycles. The predicted molar refractivity (Wildman–Crippen MR) is 131 cm³/mol. The van der Waals surface area contributed by atoms with Gasteiger partial charge < -0.3 is 9.64 Å². The highest BCUT2D eigenvalue weighted by molar-refractivity contribution is 7.99. The number of thioether (sulfide) groups is 1. The largest absolute Gasteiger partial charge is 0.494 e. The van der Waals surface area contributed by atoms with E-state index in [0.717, 1.165) is 22.7 Å². The van der Waals surface area contributed by atoms with Crippen LogP contribution in [0.4, 0.5) is 5.69 Å². The highest BCUT2D eigenvalue weighted by Gasteiger charge is 2.20. The molecule has 8 heteroatoms.